The Morgan fingerprint density at radius 2 is 1.00 bits per heavy atom. The maximum atomic E-state index is 12.2. The van der Waals surface area contributed by atoms with Gasteiger partial charge in [0, 0.05) is 11.8 Å². The van der Waals surface area contributed by atoms with Gasteiger partial charge >= 0.3 is 11.9 Å². The fourth-order valence-electron chi connectivity index (χ4n) is 4.90. The molecule has 166 valence electrons. The number of benzene rings is 1. The lowest BCUT2D eigenvalue weighted by atomic mass is 9.89. The predicted octanol–water partition coefficient (Wildman–Crippen LogP) is 5.44. The summed E-state index contributed by atoms with van der Waals surface area (Å²) in [6.07, 6.45) is 14.8. The Morgan fingerprint density at radius 1 is 0.625 bits per heavy atom. The summed E-state index contributed by atoms with van der Waals surface area (Å²) in [5.41, 5.74) is 2.40. The van der Waals surface area contributed by atoms with Crippen molar-refractivity contribution in [2.75, 3.05) is 0 Å². The van der Waals surface area contributed by atoms with Crippen LogP contribution >= 0.6 is 0 Å². The Kier molecular flexibility index (Phi) is 6.02. The lowest BCUT2D eigenvalue weighted by molar-refractivity contribution is -0.131. The molecule has 2 saturated carbocycles. The molecule has 0 bridgehead atoms. The summed E-state index contributed by atoms with van der Waals surface area (Å²) in [5.74, 6) is 0.920. The number of aliphatic imine (C=N–C) groups is 2. The fourth-order valence-corrected chi connectivity index (χ4v) is 4.90. The molecule has 6 nitrogen and oxygen atoms in total. The molecule has 6 heteroatoms. The molecule has 4 aliphatic rings. The van der Waals surface area contributed by atoms with E-state index in [1.54, 1.807) is 12.2 Å². The van der Waals surface area contributed by atoms with Crippen molar-refractivity contribution in [3.05, 3.63) is 46.8 Å². The minimum atomic E-state index is -0.380. The largest absolute Gasteiger partial charge is 0.406 e. The molecule has 2 aliphatic carbocycles. The molecule has 0 N–H and O–H groups in total. The quantitative estimate of drug-likeness (QED) is 0.469. The summed E-state index contributed by atoms with van der Waals surface area (Å²) in [5, 5.41) is 0. The average molecular weight is 433 g/mol. The number of esters is 2. The van der Waals surface area contributed by atoms with Crippen LogP contribution in [0.25, 0.3) is 12.2 Å². The van der Waals surface area contributed by atoms with Gasteiger partial charge in [0.05, 0.1) is 0 Å². The van der Waals surface area contributed by atoms with Crippen molar-refractivity contribution in [1.29, 1.82) is 0 Å². The van der Waals surface area contributed by atoms with Gasteiger partial charge in [0.1, 0.15) is 0 Å². The Hall–Kier alpha value is -3.02. The lowest BCUT2D eigenvalue weighted by Crippen LogP contribution is -2.19. The zero-order chi connectivity index (χ0) is 21.9. The number of hydrogen-bond acceptors (Lipinski definition) is 6. The van der Waals surface area contributed by atoms with E-state index in [1.807, 2.05) is 24.3 Å². The highest BCUT2D eigenvalue weighted by Gasteiger charge is 2.31. The Morgan fingerprint density at radius 3 is 1.38 bits per heavy atom. The molecular weight excluding hydrogens is 404 g/mol. The van der Waals surface area contributed by atoms with Gasteiger partial charge in [-0.05, 0) is 49.0 Å². The van der Waals surface area contributed by atoms with Gasteiger partial charge in [-0.25, -0.2) is 19.6 Å². The Bertz CT molecular complexity index is 937. The second-order valence-electron chi connectivity index (χ2n) is 9.07. The maximum Gasteiger partial charge on any atom is 0.363 e. The van der Waals surface area contributed by atoms with Crippen molar-refractivity contribution < 1.29 is 19.1 Å². The number of ether oxygens (including phenoxy) is 2. The summed E-state index contributed by atoms with van der Waals surface area (Å²) in [7, 11) is 0. The molecule has 0 amide bonds. The third kappa shape index (κ3) is 4.59. The summed E-state index contributed by atoms with van der Waals surface area (Å²) in [4.78, 5) is 33.4. The summed E-state index contributed by atoms with van der Waals surface area (Å²) in [6.45, 7) is 0. The SMILES string of the molecule is O=C1OC(C2CCCCC2)=NC1=Cc1ccc(C=C2N=C(C3CCCCC3)OC2=O)cc1. The topological polar surface area (TPSA) is 77.3 Å². The van der Waals surface area contributed by atoms with E-state index < -0.39 is 0 Å². The predicted molar refractivity (Wildman–Crippen MR) is 123 cm³/mol. The number of carbonyl (C=O) groups excluding carboxylic acids is 2. The first-order valence-electron chi connectivity index (χ1n) is 11.8. The van der Waals surface area contributed by atoms with Crippen molar-refractivity contribution in [1.82, 2.24) is 0 Å². The molecule has 0 unspecified atom stereocenters. The lowest BCUT2D eigenvalue weighted by Gasteiger charge is -2.19. The monoisotopic (exact) mass is 432 g/mol. The normalized spacial score (nSPS) is 25.1. The number of carbonyl (C=O) groups is 2. The summed E-state index contributed by atoms with van der Waals surface area (Å²) >= 11 is 0. The standard InChI is InChI=1S/C26H28N2O4/c29-25-21(27-23(31-25)19-7-3-1-4-8-19)15-17-11-13-18(14-12-17)16-22-26(30)32-24(28-22)20-9-5-2-6-10-20/h11-16,19-20H,1-10H2. The van der Waals surface area contributed by atoms with Gasteiger partial charge in [0.15, 0.2) is 11.4 Å². The third-order valence-electron chi connectivity index (χ3n) is 6.73. The van der Waals surface area contributed by atoms with Crippen molar-refractivity contribution in [3.63, 3.8) is 0 Å². The Labute approximate surface area is 188 Å². The van der Waals surface area contributed by atoms with Gasteiger partial charge in [-0.15, -0.1) is 0 Å². The molecule has 2 heterocycles. The van der Waals surface area contributed by atoms with Gasteiger partial charge in [-0.1, -0.05) is 62.8 Å². The second-order valence-corrected chi connectivity index (χ2v) is 9.07. The van der Waals surface area contributed by atoms with E-state index in [0.29, 0.717) is 23.2 Å². The molecule has 0 saturated heterocycles. The first-order valence-corrected chi connectivity index (χ1v) is 11.8. The van der Waals surface area contributed by atoms with Gasteiger partial charge in [-0.3, -0.25) is 0 Å². The van der Waals surface area contributed by atoms with Gasteiger partial charge in [-0.2, -0.15) is 0 Å². The summed E-state index contributed by atoms with van der Waals surface area (Å²) in [6, 6.07) is 7.58. The molecule has 1 aromatic carbocycles. The number of nitrogens with zero attached hydrogens (tertiary/aromatic N) is 2. The molecule has 2 aliphatic heterocycles. The van der Waals surface area contributed by atoms with Crippen LogP contribution in [0.2, 0.25) is 0 Å². The van der Waals surface area contributed by atoms with Crippen LogP contribution in [0.5, 0.6) is 0 Å². The van der Waals surface area contributed by atoms with Crippen molar-refractivity contribution in [2.24, 2.45) is 21.8 Å². The molecule has 5 rings (SSSR count). The molecule has 2 fully saturated rings. The van der Waals surface area contributed by atoms with Crippen LogP contribution < -0.4 is 0 Å². The molecule has 0 atom stereocenters. The zero-order valence-electron chi connectivity index (χ0n) is 18.2. The molecule has 0 spiro atoms. The Balaban J connectivity index is 1.29. The first-order chi connectivity index (χ1) is 15.7. The van der Waals surface area contributed by atoms with Crippen LogP contribution in [0, 0.1) is 11.8 Å². The van der Waals surface area contributed by atoms with Crippen molar-refractivity contribution >= 4 is 35.9 Å². The van der Waals surface area contributed by atoms with E-state index in [0.717, 1.165) is 62.5 Å². The average Bonchev–Trinajstić information content (AvgIpc) is 3.38. The van der Waals surface area contributed by atoms with Gasteiger partial charge < -0.3 is 9.47 Å². The fraction of sp³-hybridized carbons (Fsp3) is 0.462. The zero-order valence-corrected chi connectivity index (χ0v) is 18.2. The molecule has 0 aromatic heterocycles. The van der Waals surface area contributed by atoms with Crippen LogP contribution in [-0.2, 0) is 19.1 Å². The third-order valence-corrected chi connectivity index (χ3v) is 6.73. The minimum absolute atomic E-state index is 0.262. The van der Waals surface area contributed by atoms with Crippen LogP contribution in [0.3, 0.4) is 0 Å². The molecule has 32 heavy (non-hydrogen) atoms. The first kappa shape index (κ1) is 20.9. The minimum Gasteiger partial charge on any atom is -0.406 e. The number of cyclic esters (lactones) is 2. The second kappa shape index (κ2) is 9.23. The van der Waals surface area contributed by atoms with Gasteiger partial charge in [0.2, 0.25) is 11.8 Å². The molecule has 0 radical (unpaired) electrons. The smallest absolute Gasteiger partial charge is 0.363 e. The van der Waals surface area contributed by atoms with E-state index in [1.165, 1.54) is 12.8 Å². The van der Waals surface area contributed by atoms with Gasteiger partial charge in [0.25, 0.3) is 0 Å². The van der Waals surface area contributed by atoms with E-state index in [9.17, 15) is 9.59 Å². The van der Waals surface area contributed by atoms with E-state index >= 15 is 0 Å². The summed E-state index contributed by atoms with van der Waals surface area (Å²) < 4.78 is 10.9. The van der Waals surface area contributed by atoms with Crippen molar-refractivity contribution in [3.8, 4) is 0 Å². The number of rotatable bonds is 4. The van der Waals surface area contributed by atoms with E-state index in [4.69, 9.17) is 9.47 Å². The number of hydrogen-bond donors (Lipinski definition) is 0. The molecular formula is C26H28N2O4. The molecule has 1 aromatic rings. The van der Waals surface area contributed by atoms with E-state index in [-0.39, 0.29) is 23.8 Å². The van der Waals surface area contributed by atoms with E-state index in [2.05, 4.69) is 9.98 Å². The highest BCUT2D eigenvalue weighted by Crippen LogP contribution is 2.30. The van der Waals surface area contributed by atoms with Crippen LogP contribution in [0.15, 0.2) is 45.6 Å². The maximum absolute atomic E-state index is 12.2. The van der Waals surface area contributed by atoms with Crippen LogP contribution in [-0.4, -0.2) is 23.7 Å². The van der Waals surface area contributed by atoms with Crippen molar-refractivity contribution in [2.45, 2.75) is 64.2 Å². The highest BCUT2D eigenvalue weighted by atomic mass is 16.6. The van der Waals surface area contributed by atoms with Crippen LogP contribution in [0.4, 0.5) is 0 Å². The highest BCUT2D eigenvalue weighted by molar-refractivity contribution is 6.08. The van der Waals surface area contributed by atoms with Crippen LogP contribution in [0.1, 0.15) is 75.3 Å².